The Balaban J connectivity index is 2.00. The van der Waals surface area contributed by atoms with Crippen molar-refractivity contribution in [3.05, 3.63) is 35.9 Å². The average molecular weight is 249 g/mol. The van der Waals surface area contributed by atoms with Crippen molar-refractivity contribution in [1.82, 2.24) is 0 Å². The van der Waals surface area contributed by atoms with Crippen LogP contribution in [0.5, 0.6) is 0 Å². The monoisotopic (exact) mass is 249 g/mol. The molecule has 0 radical (unpaired) electrons. The number of ether oxygens (including phenoxy) is 1. The number of carbonyl (C=O) groups is 1. The molecule has 3 nitrogen and oxygen atoms in total. The molecule has 3 heteroatoms. The van der Waals surface area contributed by atoms with Crippen molar-refractivity contribution in [3.63, 3.8) is 0 Å². The fraction of sp³-hybridized carbons (Fsp3) is 0.533. The first-order valence-electron chi connectivity index (χ1n) is 6.77. The van der Waals surface area contributed by atoms with Crippen LogP contribution in [-0.2, 0) is 4.74 Å². The summed E-state index contributed by atoms with van der Waals surface area (Å²) in [5.74, 6) is -0.223. The van der Waals surface area contributed by atoms with E-state index in [1.165, 1.54) is 19.3 Å². The van der Waals surface area contributed by atoms with Crippen molar-refractivity contribution in [3.8, 4) is 0 Å². The number of carbonyl (C=O) groups excluding carboxylic acids is 1. The summed E-state index contributed by atoms with van der Waals surface area (Å²) in [5, 5.41) is 0. The molecular formula is C15H23NO2. The van der Waals surface area contributed by atoms with Gasteiger partial charge in [-0.2, -0.15) is 0 Å². The zero-order valence-electron chi connectivity index (χ0n) is 10.9. The first kappa shape index (κ1) is 14.7. The second kappa shape index (κ2) is 9.66. The predicted octanol–water partition coefficient (Wildman–Crippen LogP) is 3.14. The van der Waals surface area contributed by atoms with Crippen LogP contribution in [0.1, 0.15) is 48.9 Å². The Morgan fingerprint density at radius 3 is 2.22 bits per heavy atom. The number of hydrogen-bond donors (Lipinski definition) is 1. The third-order valence-electron chi connectivity index (χ3n) is 2.84. The fourth-order valence-electron chi connectivity index (χ4n) is 1.78. The van der Waals surface area contributed by atoms with Crippen LogP contribution in [0.25, 0.3) is 0 Å². The van der Waals surface area contributed by atoms with Gasteiger partial charge in [0.15, 0.2) is 0 Å². The average Bonchev–Trinajstić information content (AvgIpc) is 2.42. The molecule has 0 saturated heterocycles. The molecule has 0 bridgehead atoms. The van der Waals surface area contributed by atoms with E-state index in [2.05, 4.69) is 0 Å². The Morgan fingerprint density at radius 2 is 1.56 bits per heavy atom. The smallest absolute Gasteiger partial charge is 0.338 e. The maximum absolute atomic E-state index is 11.6. The Bertz CT molecular complexity index is 325. The molecule has 100 valence electrons. The van der Waals surface area contributed by atoms with Gasteiger partial charge in [-0.15, -0.1) is 0 Å². The molecule has 2 N–H and O–H groups in total. The van der Waals surface area contributed by atoms with Gasteiger partial charge in [0.1, 0.15) is 0 Å². The Hall–Kier alpha value is -1.35. The summed E-state index contributed by atoms with van der Waals surface area (Å²) in [5.41, 5.74) is 6.05. The van der Waals surface area contributed by atoms with Crippen molar-refractivity contribution >= 4 is 5.97 Å². The molecule has 0 fully saturated rings. The summed E-state index contributed by atoms with van der Waals surface area (Å²) in [6, 6.07) is 9.12. The molecule has 0 unspecified atom stereocenters. The van der Waals surface area contributed by atoms with E-state index in [0.29, 0.717) is 12.2 Å². The lowest BCUT2D eigenvalue weighted by molar-refractivity contribution is 0.0497. The predicted molar refractivity (Wildman–Crippen MR) is 73.5 cm³/mol. The molecule has 0 amide bonds. The summed E-state index contributed by atoms with van der Waals surface area (Å²) in [6.07, 6.45) is 6.81. The fourth-order valence-corrected chi connectivity index (χ4v) is 1.78. The van der Waals surface area contributed by atoms with E-state index in [1.807, 2.05) is 18.2 Å². The Kier molecular flexibility index (Phi) is 7.89. The van der Waals surface area contributed by atoms with Crippen LogP contribution in [0, 0.1) is 0 Å². The molecule has 0 saturated carbocycles. The normalized spacial score (nSPS) is 10.3. The lowest BCUT2D eigenvalue weighted by Crippen LogP contribution is -2.06. The second-order valence-corrected chi connectivity index (χ2v) is 4.41. The van der Waals surface area contributed by atoms with Crippen molar-refractivity contribution < 1.29 is 9.53 Å². The van der Waals surface area contributed by atoms with Crippen molar-refractivity contribution in [2.45, 2.75) is 38.5 Å². The third-order valence-corrected chi connectivity index (χ3v) is 2.84. The summed E-state index contributed by atoms with van der Waals surface area (Å²) >= 11 is 0. The highest BCUT2D eigenvalue weighted by molar-refractivity contribution is 5.89. The summed E-state index contributed by atoms with van der Waals surface area (Å²) in [4.78, 5) is 11.6. The molecular weight excluding hydrogens is 226 g/mol. The van der Waals surface area contributed by atoms with E-state index in [0.717, 1.165) is 25.8 Å². The molecule has 0 spiro atoms. The molecule has 0 atom stereocenters. The molecule has 0 aliphatic heterocycles. The molecule has 1 rings (SSSR count). The van der Waals surface area contributed by atoms with Crippen LogP contribution in [0.2, 0.25) is 0 Å². The van der Waals surface area contributed by atoms with Gasteiger partial charge in [0, 0.05) is 0 Å². The van der Waals surface area contributed by atoms with Crippen LogP contribution < -0.4 is 5.73 Å². The van der Waals surface area contributed by atoms with Gasteiger partial charge in [-0.1, -0.05) is 43.9 Å². The number of nitrogens with two attached hydrogens (primary N) is 1. The molecule has 18 heavy (non-hydrogen) atoms. The lowest BCUT2D eigenvalue weighted by Gasteiger charge is -2.04. The van der Waals surface area contributed by atoms with Gasteiger partial charge in [-0.3, -0.25) is 0 Å². The Morgan fingerprint density at radius 1 is 0.944 bits per heavy atom. The first-order chi connectivity index (χ1) is 8.84. The number of unbranched alkanes of at least 4 members (excludes halogenated alkanes) is 5. The molecule has 0 aromatic heterocycles. The topological polar surface area (TPSA) is 52.3 Å². The van der Waals surface area contributed by atoms with Gasteiger partial charge in [-0.05, 0) is 31.5 Å². The summed E-state index contributed by atoms with van der Waals surface area (Å²) < 4.78 is 5.20. The first-order valence-corrected chi connectivity index (χ1v) is 6.77. The maximum atomic E-state index is 11.6. The summed E-state index contributed by atoms with van der Waals surface area (Å²) in [7, 11) is 0. The van der Waals surface area contributed by atoms with E-state index in [4.69, 9.17) is 10.5 Å². The van der Waals surface area contributed by atoms with Gasteiger partial charge in [0.05, 0.1) is 12.2 Å². The highest BCUT2D eigenvalue weighted by Crippen LogP contribution is 2.06. The van der Waals surface area contributed by atoms with E-state index in [1.54, 1.807) is 12.1 Å². The van der Waals surface area contributed by atoms with Crippen LogP contribution in [0.4, 0.5) is 0 Å². The van der Waals surface area contributed by atoms with Gasteiger partial charge < -0.3 is 10.5 Å². The van der Waals surface area contributed by atoms with E-state index >= 15 is 0 Å². The van der Waals surface area contributed by atoms with E-state index < -0.39 is 0 Å². The Labute approximate surface area is 109 Å². The molecule has 0 heterocycles. The van der Waals surface area contributed by atoms with Crippen LogP contribution in [0.15, 0.2) is 30.3 Å². The van der Waals surface area contributed by atoms with Crippen molar-refractivity contribution in [2.75, 3.05) is 13.2 Å². The highest BCUT2D eigenvalue weighted by Gasteiger charge is 2.04. The van der Waals surface area contributed by atoms with Gasteiger partial charge >= 0.3 is 5.97 Å². The number of benzene rings is 1. The SMILES string of the molecule is NCCCCCCCCOC(=O)c1ccccc1. The quantitative estimate of drug-likeness (QED) is 0.540. The van der Waals surface area contributed by atoms with Gasteiger partial charge in [0.25, 0.3) is 0 Å². The van der Waals surface area contributed by atoms with Crippen LogP contribution in [0.3, 0.4) is 0 Å². The summed E-state index contributed by atoms with van der Waals surface area (Å²) in [6.45, 7) is 1.30. The molecule has 0 aliphatic rings. The van der Waals surface area contributed by atoms with E-state index in [-0.39, 0.29) is 5.97 Å². The second-order valence-electron chi connectivity index (χ2n) is 4.41. The minimum Gasteiger partial charge on any atom is -0.462 e. The third kappa shape index (κ3) is 6.40. The number of rotatable bonds is 9. The minimum absolute atomic E-state index is 0.223. The van der Waals surface area contributed by atoms with Crippen molar-refractivity contribution in [2.24, 2.45) is 5.73 Å². The van der Waals surface area contributed by atoms with Crippen molar-refractivity contribution in [1.29, 1.82) is 0 Å². The van der Waals surface area contributed by atoms with Crippen LogP contribution >= 0.6 is 0 Å². The number of esters is 1. The van der Waals surface area contributed by atoms with Gasteiger partial charge in [-0.25, -0.2) is 4.79 Å². The zero-order valence-corrected chi connectivity index (χ0v) is 10.9. The van der Waals surface area contributed by atoms with Crippen LogP contribution in [-0.4, -0.2) is 19.1 Å². The molecule has 1 aromatic rings. The maximum Gasteiger partial charge on any atom is 0.338 e. The molecule has 1 aromatic carbocycles. The zero-order chi connectivity index (χ0) is 13.1. The van der Waals surface area contributed by atoms with Gasteiger partial charge in [0.2, 0.25) is 0 Å². The minimum atomic E-state index is -0.223. The highest BCUT2D eigenvalue weighted by atomic mass is 16.5. The number of hydrogen-bond acceptors (Lipinski definition) is 3. The largest absolute Gasteiger partial charge is 0.462 e. The lowest BCUT2D eigenvalue weighted by atomic mass is 10.1. The molecule has 0 aliphatic carbocycles. The standard InChI is InChI=1S/C15H23NO2/c16-12-8-3-1-2-4-9-13-18-15(17)14-10-6-5-7-11-14/h5-7,10-11H,1-4,8-9,12-13,16H2. The van der Waals surface area contributed by atoms with E-state index in [9.17, 15) is 4.79 Å².